The summed E-state index contributed by atoms with van der Waals surface area (Å²) in [4.78, 5) is 0.425. The quantitative estimate of drug-likeness (QED) is 0.921. The molecule has 3 rings (SSSR count). The number of aryl methyl sites for hydroxylation is 1. The summed E-state index contributed by atoms with van der Waals surface area (Å²) in [6, 6.07) is 7.55. The van der Waals surface area contributed by atoms with Gasteiger partial charge in [0.25, 0.3) is 0 Å². The maximum atomic E-state index is 12.9. The minimum Gasteiger partial charge on any atom is -0.315 e. The van der Waals surface area contributed by atoms with Crippen molar-refractivity contribution in [1.29, 1.82) is 0 Å². The van der Waals surface area contributed by atoms with Crippen LogP contribution in [-0.4, -0.2) is 37.9 Å². The number of sulfonamides is 1. The van der Waals surface area contributed by atoms with E-state index in [9.17, 15) is 8.42 Å². The van der Waals surface area contributed by atoms with Crippen LogP contribution in [0.5, 0.6) is 0 Å². The monoisotopic (exact) mass is 294 g/mol. The Morgan fingerprint density at radius 3 is 2.60 bits per heavy atom. The van der Waals surface area contributed by atoms with Crippen LogP contribution in [0, 0.1) is 5.92 Å². The lowest BCUT2D eigenvalue weighted by Crippen LogP contribution is -2.42. The van der Waals surface area contributed by atoms with Crippen molar-refractivity contribution >= 4 is 10.0 Å². The highest BCUT2D eigenvalue weighted by Gasteiger charge is 2.47. The predicted molar refractivity (Wildman–Crippen MR) is 79.1 cm³/mol. The Hall–Kier alpha value is -0.910. The van der Waals surface area contributed by atoms with Gasteiger partial charge in [0.05, 0.1) is 4.90 Å². The molecule has 0 radical (unpaired) electrons. The molecule has 2 aliphatic rings. The number of hydrogen-bond acceptors (Lipinski definition) is 3. The van der Waals surface area contributed by atoms with E-state index in [4.69, 9.17) is 0 Å². The maximum Gasteiger partial charge on any atom is 0.243 e. The second-order valence-corrected chi connectivity index (χ2v) is 7.75. The molecule has 110 valence electrons. The van der Waals surface area contributed by atoms with Gasteiger partial charge in [-0.2, -0.15) is 4.31 Å². The van der Waals surface area contributed by atoms with Crippen LogP contribution in [0.4, 0.5) is 0 Å². The molecular formula is C15H22N2O2S. The SMILES string of the molecule is CCc1ccc(S(=O)(=O)N2C(C)CC3CNCC32)cc1. The lowest BCUT2D eigenvalue weighted by molar-refractivity contribution is 0.336. The van der Waals surface area contributed by atoms with E-state index >= 15 is 0 Å². The minimum absolute atomic E-state index is 0.1000. The molecule has 3 unspecified atom stereocenters. The second-order valence-electron chi connectivity index (χ2n) is 5.90. The Balaban J connectivity index is 1.94. The largest absolute Gasteiger partial charge is 0.315 e. The lowest BCUT2D eigenvalue weighted by atomic mass is 10.0. The molecular weight excluding hydrogens is 272 g/mol. The van der Waals surface area contributed by atoms with Gasteiger partial charge in [0.1, 0.15) is 0 Å². The number of nitrogens with zero attached hydrogens (tertiary/aromatic N) is 1. The zero-order valence-corrected chi connectivity index (χ0v) is 12.9. The average molecular weight is 294 g/mol. The molecule has 2 heterocycles. The summed E-state index contributed by atoms with van der Waals surface area (Å²) in [7, 11) is -3.37. The average Bonchev–Trinajstić information content (AvgIpc) is 2.98. The van der Waals surface area contributed by atoms with E-state index in [-0.39, 0.29) is 12.1 Å². The first kappa shape index (κ1) is 14.0. The first-order valence-corrected chi connectivity index (χ1v) is 8.81. The van der Waals surface area contributed by atoms with Gasteiger partial charge in [-0.05, 0) is 49.9 Å². The third-order valence-electron chi connectivity index (χ3n) is 4.62. The first-order chi connectivity index (χ1) is 9.54. The van der Waals surface area contributed by atoms with Gasteiger partial charge in [0.15, 0.2) is 0 Å². The smallest absolute Gasteiger partial charge is 0.243 e. The van der Waals surface area contributed by atoms with Gasteiger partial charge in [-0.25, -0.2) is 8.42 Å². The van der Waals surface area contributed by atoms with E-state index in [1.165, 1.54) is 5.56 Å². The molecule has 3 atom stereocenters. The molecule has 5 heteroatoms. The Bertz CT molecular complexity index is 582. The van der Waals surface area contributed by atoms with Gasteiger partial charge in [0.2, 0.25) is 10.0 Å². The van der Waals surface area contributed by atoms with Crippen LogP contribution in [0.2, 0.25) is 0 Å². The van der Waals surface area contributed by atoms with Gasteiger partial charge in [0, 0.05) is 18.6 Å². The Kier molecular flexibility index (Phi) is 3.60. The summed E-state index contributed by atoms with van der Waals surface area (Å²) in [5, 5.41) is 3.31. The van der Waals surface area contributed by atoms with Crippen molar-refractivity contribution in [3.8, 4) is 0 Å². The third kappa shape index (κ3) is 2.18. The van der Waals surface area contributed by atoms with Crippen LogP contribution in [0.3, 0.4) is 0 Å². The van der Waals surface area contributed by atoms with Gasteiger partial charge in [-0.1, -0.05) is 19.1 Å². The number of fused-ring (bicyclic) bond motifs is 1. The van der Waals surface area contributed by atoms with Crippen molar-refractivity contribution in [2.24, 2.45) is 5.92 Å². The molecule has 0 amide bonds. The highest BCUT2D eigenvalue weighted by Crippen LogP contribution is 2.36. The lowest BCUT2D eigenvalue weighted by Gasteiger charge is -2.26. The summed E-state index contributed by atoms with van der Waals surface area (Å²) in [6.07, 6.45) is 1.89. The summed E-state index contributed by atoms with van der Waals surface area (Å²) in [5.74, 6) is 0.467. The van der Waals surface area contributed by atoms with Crippen molar-refractivity contribution in [3.63, 3.8) is 0 Å². The summed E-state index contributed by atoms with van der Waals surface area (Å²) >= 11 is 0. The Morgan fingerprint density at radius 2 is 1.95 bits per heavy atom. The minimum atomic E-state index is -3.37. The van der Waals surface area contributed by atoms with Crippen molar-refractivity contribution in [2.75, 3.05) is 13.1 Å². The highest BCUT2D eigenvalue weighted by molar-refractivity contribution is 7.89. The second kappa shape index (κ2) is 5.13. The number of benzene rings is 1. The molecule has 0 aliphatic carbocycles. The summed E-state index contributed by atoms with van der Waals surface area (Å²) < 4.78 is 27.5. The number of rotatable bonds is 3. The fourth-order valence-electron chi connectivity index (χ4n) is 3.56. The predicted octanol–water partition coefficient (Wildman–Crippen LogP) is 1.62. The van der Waals surface area contributed by atoms with E-state index in [0.717, 1.165) is 25.9 Å². The van der Waals surface area contributed by atoms with E-state index in [1.54, 1.807) is 16.4 Å². The topological polar surface area (TPSA) is 49.4 Å². The molecule has 0 aromatic heterocycles. The van der Waals surface area contributed by atoms with Gasteiger partial charge in [-0.3, -0.25) is 0 Å². The van der Waals surface area contributed by atoms with Gasteiger partial charge < -0.3 is 5.32 Å². The molecule has 1 aromatic carbocycles. The molecule has 2 aliphatic heterocycles. The van der Waals surface area contributed by atoms with Crippen molar-refractivity contribution in [2.45, 2.75) is 43.7 Å². The van der Waals surface area contributed by atoms with E-state index in [0.29, 0.717) is 10.8 Å². The maximum absolute atomic E-state index is 12.9. The molecule has 0 bridgehead atoms. The highest BCUT2D eigenvalue weighted by atomic mass is 32.2. The van der Waals surface area contributed by atoms with Crippen LogP contribution in [0.15, 0.2) is 29.2 Å². The Morgan fingerprint density at radius 1 is 1.25 bits per heavy atom. The molecule has 20 heavy (non-hydrogen) atoms. The fraction of sp³-hybridized carbons (Fsp3) is 0.600. The molecule has 2 saturated heterocycles. The van der Waals surface area contributed by atoms with Crippen LogP contribution in [-0.2, 0) is 16.4 Å². The van der Waals surface area contributed by atoms with Crippen LogP contribution < -0.4 is 5.32 Å². The molecule has 4 nitrogen and oxygen atoms in total. The number of hydrogen-bond donors (Lipinski definition) is 1. The van der Waals surface area contributed by atoms with Gasteiger partial charge in [-0.15, -0.1) is 0 Å². The first-order valence-electron chi connectivity index (χ1n) is 7.37. The molecule has 0 saturated carbocycles. The molecule has 2 fully saturated rings. The zero-order chi connectivity index (χ0) is 14.3. The van der Waals surface area contributed by atoms with Crippen LogP contribution in [0.1, 0.15) is 25.8 Å². The van der Waals surface area contributed by atoms with Crippen molar-refractivity contribution in [1.82, 2.24) is 9.62 Å². The zero-order valence-electron chi connectivity index (χ0n) is 12.0. The molecule has 1 N–H and O–H groups in total. The van der Waals surface area contributed by atoms with Crippen LogP contribution in [0.25, 0.3) is 0 Å². The van der Waals surface area contributed by atoms with Gasteiger partial charge >= 0.3 is 0 Å². The standard InChI is InChI=1S/C15H22N2O2S/c1-3-12-4-6-14(7-5-12)20(18,19)17-11(2)8-13-9-16-10-15(13)17/h4-7,11,13,15-16H,3,8-10H2,1-2H3. The van der Waals surface area contributed by atoms with E-state index < -0.39 is 10.0 Å². The van der Waals surface area contributed by atoms with Crippen LogP contribution >= 0.6 is 0 Å². The third-order valence-corrected chi connectivity index (χ3v) is 6.67. The fourth-order valence-corrected chi connectivity index (χ4v) is 5.45. The molecule has 0 spiro atoms. The summed E-state index contributed by atoms with van der Waals surface area (Å²) in [6.45, 7) is 5.81. The van der Waals surface area contributed by atoms with E-state index in [1.807, 2.05) is 19.1 Å². The normalized spacial score (nSPS) is 30.6. The van der Waals surface area contributed by atoms with Crippen molar-refractivity contribution < 1.29 is 8.42 Å². The number of nitrogens with one attached hydrogen (secondary N) is 1. The summed E-state index contributed by atoms with van der Waals surface area (Å²) in [5.41, 5.74) is 1.17. The Labute approximate surface area is 121 Å². The molecule has 1 aromatic rings. The van der Waals surface area contributed by atoms with E-state index in [2.05, 4.69) is 12.2 Å². The van der Waals surface area contributed by atoms with Crippen molar-refractivity contribution in [3.05, 3.63) is 29.8 Å².